The fourth-order valence-corrected chi connectivity index (χ4v) is 1.48. The Morgan fingerprint density at radius 3 is 2.63 bits per heavy atom. The molecule has 3 N–H and O–H groups in total. The fraction of sp³-hybridized carbons (Fsp3) is 0.273. The molecule has 1 unspecified atom stereocenters. The van der Waals surface area contributed by atoms with Crippen molar-refractivity contribution in [3.8, 4) is 0 Å². The summed E-state index contributed by atoms with van der Waals surface area (Å²) in [7, 11) is 1.16. The summed E-state index contributed by atoms with van der Waals surface area (Å²) in [4.78, 5) is 32.1. The summed E-state index contributed by atoms with van der Waals surface area (Å²) in [5.74, 6) is -1.97. The first-order valence-corrected chi connectivity index (χ1v) is 5.20. The van der Waals surface area contributed by atoms with Crippen LogP contribution in [-0.4, -0.2) is 35.1 Å². The highest BCUT2D eigenvalue weighted by atomic mass is 16.6. The van der Waals surface area contributed by atoms with Gasteiger partial charge in [-0.2, -0.15) is 0 Å². The third kappa shape index (κ3) is 3.49. The molecule has 102 valence electrons. The molecule has 0 fully saturated rings. The standard InChI is InChI=1S/C11H12N2O6/c1-19-11(16)7-3-2-6(4-8(12)10(14)15)9(5-7)13(17)18/h2-3,5,8H,4,12H2,1H3,(H,14,15). The van der Waals surface area contributed by atoms with Crippen molar-refractivity contribution >= 4 is 17.6 Å². The summed E-state index contributed by atoms with van der Waals surface area (Å²) >= 11 is 0. The number of methoxy groups -OCH3 is 1. The summed E-state index contributed by atoms with van der Waals surface area (Å²) in [5, 5.41) is 19.6. The average Bonchev–Trinajstić information content (AvgIpc) is 2.37. The lowest BCUT2D eigenvalue weighted by atomic mass is 10.0. The van der Waals surface area contributed by atoms with Crippen LogP contribution in [0.2, 0.25) is 0 Å². The molecule has 0 aliphatic carbocycles. The van der Waals surface area contributed by atoms with Gasteiger partial charge in [-0.1, -0.05) is 6.07 Å². The Morgan fingerprint density at radius 2 is 2.16 bits per heavy atom. The van der Waals surface area contributed by atoms with Gasteiger partial charge in [0.05, 0.1) is 17.6 Å². The van der Waals surface area contributed by atoms with Gasteiger partial charge < -0.3 is 15.6 Å². The number of carbonyl (C=O) groups excluding carboxylic acids is 1. The van der Waals surface area contributed by atoms with Gasteiger partial charge in [-0.3, -0.25) is 14.9 Å². The number of ether oxygens (including phenoxy) is 1. The predicted molar refractivity (Wildman–Crippen MR) is 63.8 cm³/mol. The van der Waals surface area contributed by atoms with Crippen molar-refractivity contribution in [2.45, 2.75) is 12.5 Å². The minimum atomic E-state index is -1.26. The molecule has 1 aromatic carbocycles. The van der Waals surface area contributed by atoms with Crippen LogP contribution >= 0.6 is 0 Å². The molecule has 0 heterocycles. The molecular weight excluding hydrogens is 256 g/mol. The zero-order valence-corrected chi connectivity index (χ0v) is 10.0. The molecule has 0 radical (unpaired) electrons. The number of carboxylic acids is 1. The van der Waals surface area contributed by atoms with Crippen LogP contribution in [0.4, 0.5) is 5.69 Å². The number of nitro groups is 1. The number of carboxylic acid groups (broad SMARTS) is 1. The molecule has 0 saturated carbocycles. The van der Waals surface area contributed by atoms with Crippen LogP contribution in [0.1, 0.15) is 15.9 Å². The monoisotopic (exact) mass is 268 g/mol. The largest absolute Gasteiger partial charge is 0.480 e. The van der Waals surface area contributed by atoms with Crippen LogP contribution in [0, 0.1) is 10.1 Å². The van der Waals surface area contributed by atoms with Crippen molar-refractivity contribution in [2.75, 3.05) is 7.11 Å². The van der Waals surface area contributed by atoms with E-state index in [0.717, 1.165) is 13.2 Å². The van der Waals surface area contributed by atoms with Crippen molar-refractivity contribution in [3.05, 3.63) is 39.4 Å². The van der Waals surface area contributed by atoms with E-state index in [9.17, 15) is 19.7 Å². The van der Waals surface area contributed by atoms with Crippen molar-refractivity contribution in [2.24, 2.45) is 5.73 Å². The molecule has 0 aromatic heterocycles. The van der Waals surface area contributed by atoms with Gasteiger partial charge in [-0.05, 0) is 6.07 Å². The summed E-state index contributed by atoms with van der Waals surface area (Å²) in [6, 6.07) is 2.41. The van der Waals surface area contributed by atoms with Gasteiger partial charge in [0.2, 0.25) is 0 Å². The van der Waals surface area contributed by atoms with Crippen molar-refractivity contribution in [3.63, 3.8) is 0 Å². The minimum Gasteiger partial charge on any atom is -0.480 e. The molecule has 0 saturated heterocycles. The lowest BCUT2D eigenvalue weighted by Gasteiger charge is -2.08. The third-order valence-electron chi connectivity index (χ3n) is 2.46. The Kier molecular flexibility index (Phi) is 4.54. The smallest absolute Gasteiger partial charge is 0.338 e. The lowest BCUT2D eigenvalue weighted by Crippen LogP contribution is -2.32. The van der Waals surface area contributed by atoms with E-state index in [0.29, 0.717) is 0 Å². The number of hydrogen-bond acceptors (Lipinski definition) is 6. The maximum absolute atomic E-state index is 11.3. The van der Waals surface area contributed by atoms with Crippen molar-refractivity contribution in [1.82, 2.24) is 0 Å². The molecule has 0 spiro atoms. The molecule has 0 aliphatic heterocycles. The Labute approximate surface area is 107 Å². The molecule has 1 aromatic rings. The third-order valence-corrected chi connectivity index (χ3v) is 2.46. The molecule has 19 heavy (non-hydrogen) atoms. The second-order valence-corrected chi connectivity index (χ2v) is 3.74. The highest BCUT2D eigenvalue weighted by molar-refractivity contribution is 5.90. The van der Waals surface area contributed by atoms with Gasteiger partial charge in [0.15, 0.2) is 0 Å². The van der Waals surface area contributed by atoms with E-state index in [-0.39, 0.29) is 23.2 Å². The second kappa shape index (κ2) is 5.91. The Bertz CT molecular complexity index is 528. The summed E-state index contributed by atoms with van der Waals surface area (Å²) < 4.78 is 4.45. The number of rotatable bonds is 5. The van der Waals surface area contributed by atoms with Crippen LogP contribution in [0.15, 0.2) is 18.2 Å². The summed E-state index contributed by atoms with van der Waals surface area (Å²) in [6.45, 7) is 0. The van der Waals surface area contributed by atoms with E-state index in [4.69, 9.17) is 10.8 Å². The molecule has 1 atom stereocenters. The Morgan fingerprint density at radius 1 is 1.53 bits per heavy atom. The van der Waals surface area contributed by atoms with Crippen molar-refractivity contribution < 1.29 is 24.4 Å². The van der Waals surface area contributed by atoms with E-state index in [1.807, 2.05) is 0 Å². The zero-order valence-electron chi connectivity index (χ0n) is 10.0. The number of nitrogens with zero attached hydrogens (tertiary/aromatic N) is 1. The van der Waals surface area contributed by atoms with Gasteiger partial charge in [0.25, 0.3) is 5.69 Å². The SMILES string of the molecule is COC(=O)c1ccc(CC(N)C(=O)O)c([N+](=O)[O-])c1. The molecule has 8 nitrogen and oxygen atoms in total. The number of nitrogens with two attached hydrogens (primary N) is 1. The van der Waals surface area contributed by atoms with Crippen LogP contribution in [0.3, 0.4) is 0 Å². The first-order chi connectivity index (χ1) is 8.86. The highest BCUT2D eigenvalue weighted by Crippen LogP contribution is 2.22. The molecular formula is C11H12N2O6. The van der Waals surface area contributed by atoms with E-state index in [1.165, 1.54) is 12.1 Å². The first-order valence-electron chi connectivity index (χ1n) is 5.20. The Balaban J connectivity index is 3.15. The zero-order chi connectivity index (χ0) is 14.6. The quantitative estimate of drug-likeness (QED) is 0.446. The van der Waals surface area contributed by atoms with E-state index in [2.05, 4.69) is 4.74 Å². The van der Waals surface area contributed by atoms with Crippen LogP contribution in [-0.2, 0) is 16.0 Å². The molecule has 0 amide bonds. The summed E-state index contributed by atoms with van der Waals surface area (Å²) in [6.07, 6.45) is -0.201. The number of benzene rings is 1. The number of hydrogen-bond donors (Lipinski definition) is 2. The molecule has 0 aliphatic rings. The number of nitro benzene ring substituents is 1. The van der Waals surface area contributed by atoms with Gasteiger partial charge in [0, 0.05) is 18.1 Å². The van der Waals surface area contributed by atoms with E-state index in [1.54, 1.807) is 0 Å². The van der Waals surface area contributed by atoms with E-state index >= 15 is 0 Å². The van der Waals surface area contributed by atoms with Gasteiger partial charge in [0.1, 0.15) is 6.04 Å². The topological polar surface area (TPSA) is 133 Å². The van der Waals surface area contributed by atoms with Gasteiger partial charge in [-0.15, -0.1) is 0 Å². The lowest BCUT2D eigenvalue weighted by molar-refractivity contribution is -0.385. The number of esters is 1. The summed E-state index contributed by atoms with van der Waals surface area (Å²) in [5.41, 5.74) is 5.13. The number of carbonyl (C=O) groups is 2. The fourth-order valence-electron chi connectivity index (χ4n) is 1.48. The molecule has 1 rings (SSSR count). The van der Waals surface area contributed by atoms with Crippen LogP contribution < -0.4 is 5.73 Å². The second-order valence-electron chi connectivity index (χ2n) is 3.74. The molecule has 0 bridgehead atoms. The normalized spacial score (nSPS) is 11.7. The maximum atomic E-state index is 11.3. The van der Waals surface area contributed by atoms with Crippen molar-refractivity contribution in [1.29, 1.82) is 0 Å². The minimum absolute atomic E-state index is 0.0156. The van der Waals surface area contributed by atoms with E-state index < -0.39 is 22.9 Å². The van der Waals surface area contributed by atoms with Gasteiger partial charge >= 0.3 is 11.9 Å². The predicted octanol–water partition coefficient (Wildman–Crippen LogP) is 0.336. The number of aliphatic carboxylic acids is 1. The maximum Gasteiger partial charge on any atom is 0.338 e. The first kappa shape index (κ1) is 14.6. The van der Waals surface area contributed by atoms with Gasteiger partial charge in [-0.25, -0.2) is 4.79 Å². The molecule has 8 heteroatoms. The highest BCUT2D eigenvalue weighted by Gasteiger charge is 2.21. The van der Waals surface area contributed by atoms with Crippen LogP contribution in [0.25, 0.3) is 0 Å². The van der Waals surface area contributed by atoms with Crippen LogP contribution in [0.5, 0.6) is 0 Å². The average molecular weight is 268 g/mol. The Hall–Kier alpha value is -2.48.